The van der Waals surface area contributed by atoms with Crippen LogP contribution in [0.5, 0.6) is 5.75 Å². The number of piperazine rings is 1. The average molecular weight is 803 g/mol. The number of alkyl halides is 3. The maximum Gasteiger partial charge on any atom is 0.416 e. The Labute approximate surface area is 337 Å². The van der Waals surface area contributed by atoms with Crippen LogP contribution < -0.4 is 15.1 Å². The second-order valence-corrected chi connectivity index (χ2v) is 18.0. The van der Waals surface area contributed by atoms with E-state index in [0.717, 1.165) is 65.4 Å². The highest BCUT2D eigenvalue weighted by atomic mass is 28.3. The van der Waals surface area contributed by atoms with Crippen molar-refractivity contribution in [3.05, 3.63) is 125 Å². The average Bonchev–Trinajstić information content (AvgIpc) is 3.20. The Morgan fingerprint density at radius 1 is 0.842 bits per heavy atom. The summed E-state index contributed by atoms with van der Waals surface area (Å²) in [4.78, 5) is 21.3. The molecule has 2 aliphatic heterocycles. The van der Waals surface area contributed by atoms with E-state index in [1.54, 1.807) is 12.0 Å². The summed E-state index contributed by atoms with van der Waals surface area (Å²) in [6.45, 7) is 14.2. The molecule has 3 atom stereocenters. The van der Waals surface area contributed by atoms with Crippen molar-refractivity contribution in [2.75, 3.05) is 73.2 Å². The molecule has 0 N–H and O–H groups in total. The number of morpholine rings is 1. The van der Waals surface area contributed by atoms with E-state index in [4.69, 9.17) is 18.6 Å². The van der Waals surface area contributed by atoms with Crippen LogP contribution in [0.15, 0.2) is 97.1 Å². The van der Waals surface area contributed by atoms with Gasteiger partial charge in [0, 0.05) is 58.5 Å². The van der Waals surface area contributed by atoms with Gasteiger partial charge in [-0.1, -0.05) is 99.6 Å². The molecule has 2 fully saturated rings. The molecule has 6 rings (SSSR count). The van der Waals surface area contributed by atoms with Gasteiger partial charge in [0.15, 0.2) is 0 Å². The molecule has 1 radical (unpaired) electrons. The standard InChI is InChI=1S/C45H55F3N3O5Si/c1-32-17-18-33(27-40(32)44(2,3)4)42(56-57(38-13-9-7-10-14-38)39-15-11-8-12-16-39)41-30-49(19-20-50-23-24-55-37(29-50)31-53-5)21-22-51(41)43(52)34-25-35(45(46,47)48)28-36(26-34)54-6/h7-18,25-28,37,41-42H,19-24,29-31H2,1-6H3/t37-,41+,42?/m0/s1. The molecule has 57 heavy (non-hydrogen) atoms. The summed E-state index contributed by atoms with van der Waals surface area (Å²) in [6, 6.07) is 29.4. The van der Waals surface area contributed by atoms with E-state index in [1.165, 1.54) is 13.2 Å². The lowest BCUT2D eigenvalue weighted by atomic mass is 9.82. The first-order valence-electron chi connectivity index (χ1n) is 19.6. The van der Waals surface area contributed by atoms with Gasteiger partial charge in [0.2, 0.25) is 0 Å². The number of carbonyl (C=O) groups is 1. The number of benzene rings is 4. The minimum Gasteiger partial charge on any atom is -0.497 e. The molecular weight excluding hydrogens is 748 g/mol. The quantitative estimate of drug-likeness (QED) is 0.146. The zero-order valence-electron chi connectivity index (χ0n) is 33.9. The normalized spacial score (nSPS) is 19.2. The van der Waals surface area contributed by atoms with E-state index in [9.17, 15) is 18.0 Å². The van der Waals surface area contributed by atoms with Gasteiger partial charge >= 0.3 is 6.18 Å². The highest BCUT2D eigenvalue weighted by Gasteiger charge is 2.41. The Hall–Kier alpha value is -4.04. The van der Waals surface area contributed by atoms with Gasteiger partial charge in [0.25, 0.3) is 14.9 Å². The largest absolute Gasteiger partial charge is 0.497 e. The maximum absolute atomic E-state index is 14.8. The zero-order valence-corrected chi connectivity index (χ0v) is 34.9. The molecule has 4 aromatic rings. The SMILES string of the molecule is COC[C@@H]1CN(CCN2CCN(C(=O)c3cc(OC)cc(C(F)(F)F)c3)[C@@H](C(O[Si](c3ccccc3)c3ccccc3)c3ccc(C)c(C(C)(C)C)c3)C2)CCO1. The van der Waals surface area contributed by atoms with E-state index < -0.39 is 38.8 Å². The van der Waals surface area contributed by atoms with Gasteiger partial charge in [-0.2, -0.15) is 13.2 Å². The van der Waals surface area contributed by atoms with Gasteiger partial charge < -0.3 is 23.5 Å². The number of rotatable bonds is 13. The summed E-state index contributed by atoms with van der Waals surface area (Å²) in [7, 11) is 1.07. The van der Waals surface area contributed by atoms with Gasteiger partial charge in [0.05, 0.1) is 44.1 Å². The Morgan fingerprint density at radius 2 is 1.49 bits per heavy atom. The first kappa shape index (κ1) is 42.6. The molecule has 0 bridgehead atoms. The smallest absolute Gasteiger partial charge is 0.416 e. The van der Waals surface area contributed by atoms with Gasteiger partial charge in [-0.3, -0.25) is 14.6 Å². The lowest BCUT2D eigenvalue weighted by molar-refractivity contribution is -0.137. The van der Waals surface area contributed by atoms with Crippen molar-refractivity contribution < 1.29 is 36.6 Å². The summed E-state index contributed by atoms with van der Waals surface area (Å²) in [6.07, 6.45) is -5.29. The van der Waals surface area contributed by atoms with Crippen molar-refractivity contribution in [3.8, 4) is 5.75 Å². The summed E-state index contributed by atoms with van der Waals surface area (Å²) in [5.74, 6) is -0.523. The van der Waals surface area contributed by atoms with Crippen LogP contribution in [-0.4, -0.2) is 115 Å². The molecule has 2 saturated heterocycles. The number of carbonyl (C=O) groups excluding carboxylic acids is 1. The van der Waals surface area contributed by atoms with Crippen molar-refractivity contribution in [2.45, 2.75) is 57.5 Å². The van der Waals surface area contributed by atoms with Crippen molar-refractivity contribution in [2.24, 2.45) is 0 Å². The van der Waals surface area contributed by atoms with Crippen LogP contribution in [0.25, 0.3) is 0 Å². The van der Waals surface area contributed by atoms with Crippen LogP contribution in [0.3, 0.4) is 0 Å². The van der Waals surface area contributed by atoms with Crippen LogP contribution in [0, 0.1) is 6.92 Å². The monoisotopic (exact) mass is 802 g/mol. The lowest BCUT2D eigenvalue weighted by Gasteiger charge is -2.46. The Balaban J connectivity index is 1.45. The van der Waals surface area contributed by atoms with Gasteiger partial charge in [-0.15, -0.1) is 0 Å². The second-order valence-electron chi connectivity index (χ2n) is 16.0. The fourth-order valence-electron chi connectivity index (χ4n) is 7.91. The topological polar surface area (TPSA) is 63.7 Å². The first-order valence-corrected chi connectivity index (χ1v) is 21.0. The molecule has 1 amide bonds. The van der Waals surface area contributed by atoms with E-state index in [1.807, 2.05) is 36.4 Å². The molecule has 2 aliphatic rings. The number of methoxy groups -OCH3 is 2. The highest BCUT2D eigenvalue weighted by molar-refractivity contribution is 6.80. The van der Waals surface area contributed by atoms with Gasteiger partial charge in [-0.25, -0.2) is 0 Å². The number of nitrogens with zero attached hydrogens (tertiary/aromatic N) is 3. The third-order valence-electron chi connectivity index (χ3n) is 10.9. The third kappa shape index (κ3) is 10.7. The van der Waals surface area contributed by atoms with Crippen LogP contribution >= 0.6 is 0 Å². The van der Waals surface area contributed by atoms with Crippen molar-refractivity contribution in [3.63, 3.8) is 0 Å². The van der Waals surface area contributed by atoms with Crippen LogP contribution in [0.1, 0.15) is 59.5 Å². The minimum atomic E-state index is -4.66. The summed E-state index contributed by atoms with van der Waals surface area (Å²) in [5.41, 5.74) is 2.03. The summed E-state index contributed by atoms with van der Waals surface area (Å²) >= 11 is 0. The summed E-state index contributed by atoms with van der Waals surface area (Å²) in [5, 5.41) is 2.10. The third-order valence-corrected chi connectivity index (χ3v) is 13.1. The number of amides is 1. The fourth-order valence-corrected chi connectivity index (χ4v) is 10.1. The Bertz CT molecular complexity index is 1890. The minimum absolute atomic E-state index is 0.00305. The molecule has 1 unspecified atom stereocenters. The molecule has 0 aliphatic carbocycles. The van der Waals surface area contributed by atoms with Crippen molar-refractivity contribution in [1.29, 1.82) is 0 Å². The molecular formula is C45H55F3N3O5Si. The molecule has 4 aromatic carbocycles. The Morgan fingerprint density at radius 3 is 2.09 bits per heavy atom. The van der Waals surface area contributed by atoms with E-state index in [-0.39, 0.29) is 22.8 Å². The maximum atomic E-state index is 14.8. The predicted molar refractivity (Wildman–Crippen MR) is 219 cm³/mol. The molecule has 0 aromatic heterocycles. The van der Waals surface area contributed by atoms with Crippen molar-refractivity contribution in [1.82, 2.24) is 14.7 Å². The van der Waals surface area contributed by atoms with E-state index in [0.29, 0.717) is 32.8 Å². The van der Waals surface area contributed by atoms with Crippen LogP contribution in [0.2, 0.25) is 0 Å². The number of halogens is 3. The lowest BCUT2D eigenvalue weighted by Crippen LogP contribution is -2.60. The molecule has 0 spiro atoms. The van der Waals surface area contributed by atoms with Crippen LogP contribution in [0.4, 0.5) is 13.2 Å². The van der Waals surface area contributed by atoms with E-state index in [2.05, 4.69) is 80.0 Å². The van der Waals surface area contributed by atoms with Gasteiger partial charge in [-0.05, 0) is 57.6 Å². The number of hydrogen-bond acceptors (Lipinski definition) is 7. The molecule has 2 heterocycles. The molecule has 0 saturated carbocycles. The molecule has 12 heteroatoms. The number of hydrogen-bond donors (Lipinski definition) is 0. The van der Waals surface area contributed by atoms with Crippen molar-refractivity contribution >= 4 is 25.3 Å². The molecule has 305 valence electrons. The summed E-state index contributed by atoms with van der Waals surface area (Å²) < 4.78 is 66.6. The Kier molecular flexibility index (Phi) is 14.0. The number of aryl methyl sites for hydroxylation is 1. The predicted octanol–water partition coefficient (Wildman–Crippen LogP) is 6.36. The van der Waals surface area contributed by atoms with Crippen LogP contribution in [-0.2, 0) is 25.5 Å². The molecule has 8 nitrogen and oxygen atoms in total. The zero-order chi connectivity index (χ0) is 40.7. The first-order chi connectivity index (χ1) is 27.2. The highest BCUT2D eigenvalue weighted by Crippen LogP contribution is 2.36. The van der Waals surface area contributed by atoms with E-state index >= 15 is 0 Å². The van der Waals surface area contributed by atoms with Gasteiger partial charge in [0.1, 0.15) is 5.75 Å². The second kappa shape index (κ2) is 18.7. The fraction of sp³-hybridized carbons (Fsp3) is 0.444. The number of ether oxygens (including phenoxy) is 3.